The standard InChI is InChI=1S/C21H21N3O2/c1-26-21(25)20-18-15-23(14-16-8-4-2-5-9-16)13-12-19(18)24(22-20)17-10-6-3-7-11-17/h2-11H,12-15H2,1H3. The highest BCUT2D eigenvalue weighted by molar-refractivity contribution is 5.89. The third-order valence-corrected chi connectivity index (χ3v) is 4.76. The number of rotatable bonds is 4. The van der Waals surface area contributed by atoms with Crippen LogP contribution in [0.1, 0.15) is 27.3 Å². The van der Waals surface area contributed by atoms with Gasteiger partial charge in [-0.2, -0.15) is 5.10 Å². The number of benzene rings is 2. The molecule has 1 aliphatic rings. The molecule has 0 bridgehead atoms. The molecule has 3 aromatic rings. The Kier molecular flexibility index (Phi) is 4.54. The Morgan fingerprint density at radius 1 is 1.08 bits per heavy atom. The Morgan fingerprint density at radius 2 is 1.77 bits per heavy atom. The van der Waals surface area contributed by atoms with Crippen LogP contribution in [0.15, 0.2) is 60.7 Å². The van der Waals surface area contributed by atoms with Gasteiger partial charge >= 0.3 is 5.97 Å². The summed E-state index contributed by atoms with van der Waals surface area (Å²) in [6.07, 6.45) is 0.848. The molecule has 4 rings (SSSR count). The first-order valence-electron chi connectivity index (χ1n) is 8.77. The molecular formula is C21H21N3O2. The molecule has 0 N–H and O–H groups in total. The summed E-state index contributed by atoms with van der Waals surface area (Å²) in [4.78, 5) is 14.6. The maximum Gasteiger partial charge on any atom is 0.358 e. The van der Waals surface area contributed by atoms with E-state index >= 15 is 0 Å². The second-order valence-corrected chi connectivity index (χ2v) is 6.46. The summed E-state index contributed by atoms with van der Waals surface area (Å²) in [5.74, 6) is -0.377. The second-order valence-electron chi connectivity index (χ2n) is 6.46. The third kappa shape index (κ3) is 3.13. The number of carbonyl (C=O) groups excluding carboxylic acids is 1. The summed E-state index contributed by atoms with van der Waals surface area (Å²) < 4.78 is 6.86. The van der Waals surface area contributed by atoms with Crippen molar-refractivity contribution in [2.45, 2.75) is 19.5 Å². The van der Waals surface area contributed by atoms with Crippen LogP contribution in [0, 0.1) is 0 Å². The molecule has 0 saturated carbocycles. The van der Waals surface area contributed by atoms with E-state index in [0.29, 0.717) is 12.2 Å². The van der Waals surface area contributed by atoms with Crippen LogP contribution in [0.2, 0.25) is 0 Å². The smallest absolute Gasteiger partial charge is 0.358 e. The van der Waals surface area contributed by atoms with E-state index < -0.39 is 0 Å². The summed E-state index contributed by atoms with van der Waals surface area (Å²) in [6, 6.07) is 20.3. The fraction of sp³-hybridized carbons (Fsp3) is 0.238. The average Bonchev–Trinajstić information content (AvgIpc) is 3.08. The van der Waals surface area contributed by atoms with Crippen LogP contribution in [0.3, 0.4) is 0 Å². The van der Waals surface area contributed by atoms with Crippen molar-refractivity contribution < 1.29 is 9.53 Å². The zero-order chi connectivity index (χ0) is 17.9. The van der Waals surface area contributed by atoms with Gasteiger partial charge in [0.2, 0.25) is 0 Å². The van der Waals surface area contributed by atoms with Crippen molar-refractivity contribution in [2.75, 3.05) is 13.7 Å². The molecule has 0 aliphatic carbocycles. The highest BCUT2D eigenvalue weighted by Crippen LogP contribution is 2.26. The van der Waals surface area contributed by atoms with E-state index in [1.807, 2.05) is 41.1 Å². The van der Waals surface area contributed by atoms with Gasteiger partial charge < -0.3 is 4.74 Å². The topological polar surface area (TPSA) is 47.4 Å². The maximum atomic E-state index is 12.3. The van der Waals surface area contributed by atoms with Gasteiger partial charge in [-0.25, -0.2) is 9.48 Å². The van der Waals surface area contributed by atoms with E-state index in [1.54, 1.807) is 0 Å². The highest BCUT2D eigenvalue weighted by Gasteiger charge is 2.29. The Hall–Kier alpha value is -2.92. The fourth-order valence-corrected chi connectivity index (χ4v) is 3.49. The molecule has 2 heterocycles. The lowest BCUT2D eigenvalue weighted by molar-refractivity contribution is 0.0590. The summed E-state index contributed by atoms with van der Waals surface area (Å²) in [5.41, 5.74) is 4.73. The van der Waals surface area contributed by atoms with Crippen LogP contribution in [-0.4, -0.2) is 34.3 Å². The molecule has 26 heavy (non-hydrogen) atoms. The fourth-order valence-electron chi connectivity index (χ4n) is 3.49. The van der Waals surface area contributed by atoms with Crippen LogP contribution < -0.4 is 0 Å². The van der Waals surface area contributed by atoms with E-state index in [2.05, 4.69) is 34.3 Å². The van der Waals surface area contributed by atoms with Gasteiger partial charge in [0.1, 0.15) is 0 Å². The first-order valence-corrected chi connectivity index (χ1v) is 8.77. The lowest BCUT2D eigenvalue weighted by atomic mass is 10.0. The predicted molar refractivity (Wildman–Crippen MR) is 99.2 cm³/mol. The minimum Gasteiger partial charge on any atom is -0.464 e. The molecular weight excluding hydrogens is 326 g/mol. The number of esters is 1. The van der Waals surface area contributed by atoms with Crippen molar-refractivity contribution >= 4 is 5.97 Å². The SMILES string of the molecule is COC(=O)c1nn(-c2ccccc2)c2c1CN(Cc1ccccc1)CC2. The molecule has 1 aromatic heterocycles. The molecule has 5 heteroatoms. The summed E-state index contributed by atoms with van der Waals surface area (Å²) >= 11 is 0. The number of ether oxygens (including phenoxy) is 1. The normalized spacial score (nSPS) is 14.0. The van der Waals surface area contributed by atoms with Crippen molar-refractivity contribution in [3.05, 3.63) is 83.2 Å². The molecule has 0 spiro atoms. The van der Waals surface area contributed by atoms with Crippen molar-refractivity contribution in [1.29, 1.82) is 0 Å². The Morgan fingerprint density at radius 3 is 2.46 bits per heavy atom. The van der Waals surface area contributed by atoms with Gasteiger partial charge in [-0.3, -0.25) is 4.90 Å². The van der Waals surface area contributed by atoms with E-state index in [0.717, 1.165) is 36.5 Å². The van der Waals surface area contributed by atoms with Gasteiger partial charge in [0.25, 0.3) is 0 Å². The van der Waals surface area contributed by atoms with Gasteiger partial charge in [0.15, 0.2) is 5.69 Å². The van der Waals surface area contributed by atoms with Gasteiger partial charge in [0, 0.05) is 31.6 Å². The zero-order valence-electron chi connectivity index (χ0n) is 14.8. The highest BCUT2D eigenvalue weighted by atomic mass is 16.5. The predicted octanol–water partition coefficient (Wildman–Crippen LogP) is 3.22. The van der Waals surface area contributed by atoms with Crippen molar-refractivity contribution in [2.24, 2.45) is 0 Å². The summed E-state index contributed by atoms with van der Waals surface area (Å²) in [6.45, 7) is 2.49. The third-order valence-electron chi connectivity index (χ3n) is 4.76. The molecule has 0 radical (unpaired) electrons. The summed E-state index contributed by atoms with van der Waals surface area (Å²) in [7, 11) is 1.40. The Bertz CT molecular complexity index is 904. The number of carbonyl (C=O) groups is 1. The molecule has 5 nitrogen and oxygen atoms in total. The maximum absolute atomic E-state index is 12.3. The van der Waals surface area contributed by atoms with Crippen LogP contribution in [0.5, 0.6) is 0 Å². The van der Waals surface area contributed by atoms with Crippen molar-refractivity contribution in [1.82, 2.24) is 14.7 Å². The van der Waals surface area contributed by atoms with Gasteiger partial charge in [0.05, 0.1) is 18.5 Å². The van der Waals surface area contributed by atoms with Crippen LogP contribution in [0.25, 0.3) is 5.69 Å². The van der Waals surface area contributed by atoms with Crippen LogP contribution in [-0.2, 0) is 24.2 Å². The lowest BCUT2D eigenvalue weighted by Gasteiger charge is -2.27. The number of nitrogens with zero attached hydrogens (tertiary/aromatic N) is 3. The van der Waals surface area contributed by atoms with Crippen molar-refractivity contribution in [3.63, 3.8) is 0 Å². The Labute approximate surface area is 152 Å². The molecule has 0 amide bonds. The molecule has 0 fully saturated rings. The average molecular weight is 347 g/mol. The number of hydrogen-bond donors (Lipinski definition) is 0. The number of hydrogen-bond acceptors (Lipinski definition) is 4. The van der Waals surface area contributed by atoms with Gasteiger partial charge in [-0.1, -0.05) is 48.5 Å². The largest absolute Gasteiger partial charge is 0.464 e. The van der Waals surface area contributed by atoms with Crippen LogP contribution in [0.4, 0.5) is 0 Å². The summed E-state index contributed by atoms with van der Waals surface area (Å²) in [5, 5.41) is 4.59. The minimum atomic E-state index is -0.377. The quantitative estimate of drug-likeness (QED) is 0.680. The van der Waals surface area contributed by atoms with Crippen LogP contribution >= 0.6 is 0 Å². The monoisotopic (exact) mass is 347 g/mol. The minimum absolute atomic E-state index is 0.377. The number of para-hydroxylation sites is 1. The molecule has 2 aromatic carbocycles. The molecule has 132 valence electrons. The molecule has 1 aliphatic heterocycles. The van der Waals surface area contributed by atoms with Crippen molar-refractivity contribution in [3.8, 4) is 5.69 Å². The second kappa shape index (κ2) is 7.14. The molecule has 0 atom stereocenters. The number of methoxy groups -OCH3 is 1. The lowest BCUT2D eigenvalue weighted by Crippen LogP contribution is -2.31. The first kappa shape index (κ1) is 16.5. The zero-order valence-corrected chi connectivity index (χ0v) is 14.8. The first-order chi connectivity index (χ1) is 12.8. The van der Waals surface area contributed by atoms with E-state index in [1.165, 1.54) is 12.7 Å². The number of fused-ring (bicyclic) bond motifs is 1. The van der Waals surface area contributed by atoms with E-state index in [-0.39, 0.29) is 5.97 Å². The van der Waals surface area contributed by atoms with Gasteiger partial charge in [-0.15, -0.1) is 0 Å². The molecule has 0 saturated heterocycles. The van der Waals surface area contributed by atoms with Gasteiger partial charge in [-0.05, 0) is 17.7 Å². The molecule has 0 unspecified atom stereocenters. The van der Waals surface area contributed by atoms with E-state index in [4.69, 9.17) is 4.74 Å². The Balaban J connectivity index is 1.68. The number of aromatic nitrogens is 2. The van der Waals surface area contributed by atoms with E-state index in [9.17, 15) is 4.79 Å².